The van der Waals surface area contributed by atoms with Crippen molar-refractivity contribution in [1.82, 2.24) is 14.8 Å². The van der Waals surface area contributed by atoms with Crippen molar-refractivity contribution in [2.24, 2.45) is 0 Å². The number of aliphatic hydroxyl groups excluding tert-OH is 1. The number of piperazine rings is 1. The molecule has 122 valence electrons. The Kier molecular flexibility index (Phi) is 4.88. The van der Waals surface area contributed by atoms with Gasteiger partial charge in [-0.15, -0.1) is 0 Å². The van der Waals surface area contributed by atoms with E-state index in [4.69, 9.17) is 0 Å². The average Bonchev–Trinajstić information content (AvgIpc) is 2.61. The van der Waals surface area contributed by atoms with Gasteiger partial charge in [0.05, 0.1) is 6.10 Å². The van der Waals surface area contributed by atoms with Gasteiger partial charge in [-0.2, -0.15) is 0 Å². The first-order chi connectivity index (χ1) is 11.2. The third-order valence-corrected chi connectivity index (χ3v) is 4.48. The van der Waals surface area contributed by atoms with Crippen LogP contribution in [0.1, 0.15) is 23.8 Å². The molecule has 1 saturated heterocycles. The number of hydrogen-bond acceptors (Lipinski definition) is 4. The van der Waals surface area contributed by atoms with Crippen molar-refractivity contribution in [3.8, 4) is 0 Å². The van der Waals surface area contributed by atoms with Crippen molar-refractivity contribution >= 4 is 16.7 Å². The number of fused-ring (bicyclic) bond motifs is 1. The highest BCUT2D eigenvalue weighted by Crippen LogP contribution is 2.18. The van der Waals surface area contributed by atoms with Gasteiger partial charge in [0.25, 0.3) is 5.91 Å². The number of carbonyl (C=O) groups excluding carboxylic acids is 1. The summed E-state index contributed by atoms with van der Waals surface area (Å²) in [7, 11) is 0. The monoisotopic (exact) mass is 313 g/mol. The van der Waals surface area contributed by atoms with Crippen LogP contribution in [0.5, 0.6) is 0 Å². The van der Waals surface area contributed by atoms with Crippen molar-refractivity contribution in [1.29, 1.82) is 0 Å². The van der Waals surface area contributed by atoms with Gasteiger partial charge < -0.3 is 10.0 Å². The molecule has 3 rings (SSSR count). The molecule has 23 heavy (non-hydrogen) atoms. The Balaban J connectivity index is 1.70. The molecule has 5 nitrogen and oxygen atoms in total. The molecular formula is C18H23N3O2. The van der Waals surface area contributed by atoms with Crippen LogP contribution in [0, 0.1) is 0 Å². The van der Waals surface area contributed by atoms with Crippen LogP contribution in [0.25, 0.3) is 10.8 Å². The van der Waals surface area contributed by atoms with Crippen molar-refractivity contribution in [2.75, 3.05) is 32.7 Å². The second-order valence-corrected chi connectivity index (χ2v) is 6.04. The van der Waals surface area contributed by atoms with Crippen molar-refractivity contribution < 1.29 is 9.90 Å². The van der Waals surface area contributed by atoms with Crippen molar-refractivity contribution in [2.45, 2.75) is 19.4 Å². The molecule has 0 aliphatic carbocycles. The van der Waals surface area contributed by atoms with Gasteiger partial charge in [-0.1, -0.05) is 31.2 Å². The molecule has 1 aliphatic heterocycles. The first-order valence-corrected chi connectivity index (χ1v) is 8.22. The molecule has 1 aliphatic rings. The van der Waals surface area contributed by atoms with Gasteiger partial charge in [-0.25, -0.2) is 0 Å². The Morgan fingerprint density at radius 3 is 2.70 bits per heavy atom. The highest BCUT2D eigenvalue weighted by Gasteiger charge is 2.24. The quantitative estimate of drug-likeness (QED) is 0.934. The number of aliphatic hydroxyl groups is 1. The minimum atomic E-state index is -0.281. The minimum Gasteiger partial charge on any atom is -0.392 e. The number of rotatable bonds is 4. The number of hydrogen-bond donors (Lipinski definition) is 1. The van der Waals surface area contributed by atoms with Crippen LogP contribution in [-0.4, -0.2) is 64.6 Å². The number of carbonyl (C=O) groups is 1. The molecule has 2 heterocycles. The maximum atomic E-state index is 12.8. The lowest BCUT2D eigenvalue weighted by Crippen LogP contribution is -2.50. The van der Waals surface area contributed by atoms with Crippen LogP contribution in [0.4, 0.5) is 0 Å². The van der Waals surface area contributed by atoms with Crippen LogP contribution >= 0.6 is 0 Å². The smallest absolute Gasteiger partial charge is 0.273 e. The molecule has 1 amide bonds. The number of pyridine rings is 1. The Morgan fingerprint density at radius 2 is 1.96 bits per heavy atom. The lowest BCUT2D eigenvalue weighted by molar-refractivity contribution is 0.0521. The zero-order valence-electron chi connectivity index (χ0n) is 13.5. The number of aromatic nitrogens is 1. The fourth-order valence-corrected chi connectivity index (χ4v) is 3.00. The predicted molar refractivity (Wildman–Crippen MR) is 90.4 cm³/mol. The molecule has 1 unspecified atom stereocenters. The number of benzene rings is 1. The number of nitrogens with zero attached hydrogens (tertiary/aromatic N) is 3. The van der Waals surface area contributed by atoms with E-state index >= 15 is 0 Å². The summed E-state index contributed by atoms with van der Waals surface area (Å²) in [5.74, 6) is -0.00232. The van der Waals surface area contributed by atoms with Crippen molar-refractivity contribution in [3.05, 3.63) is 42.2 Å². The molecule has 1 N–H and O–H groups in total. The Hall–Kier alpha value is -1.98. The summed E-state index contributed by atoms with van der Waals surface area (Å²) in [5.41, 5.74) is 0.533. The van der Waals surface area contributed by atoms with E-state index < -0.39 is 0 Å². The van der Waals surface area contributed by atoms with Gasteiger partial charge in [0.2, 0.25) is 0 Å². The number of amides is 1. The Labute approximate surface area is 136 Å². The molecule has 0 bridgehead atoms. The summed E-state index contributed by atoms with van der Waals surface area (Å²) in [4.78, 5) is 21.2. The maximum absolute atomic E-state index is 12.8. The molecule has 1 atom stereocenters. The summed E-state index contributed by atoms with van der Waals surface area (Å²) in [6, 6.07) is 9.77. The Morgan fingerprint density at radius 1 is 1.22 bits per heavy atom. The normalized spacial score (nSPS) is 17.4. The molecule has 0 saturated carbocycles. The highest BCUT2D eigenvalue weighted by atomic mass is 16.3. The van der Waals surface area contributed by atoms with E-state index in [1.165, 1.54) is 0 Å². The predicted octanol–water partition coefficient (Wildman–Crippen LogP) is 1.76. The molecule has 1 aromatic carbocycles. The minimum absolute atomic E-state index is 0.00232. The van der Waals surface area contributed by atoms with Crippen LogP contribution < -0.4 is 0 Å². The third kappa shape index (κ3) is 3.51. The second kappa shape index (κ2) is 7.06. The first-order valence-electron chi connectivity index (χ1n) is 8.22. The van der Waals surface area contributed by atoms with Gasteiger partial charge in [-0.3, -0.25) is 14.7 Å². The third-order valence-electron chi connectivity index (χ3n) is 4.48. The summed E-state index contributed by atoms with van der Waals surface area (Å²) >= 11 is 0. The summed E-state index contributed by atoms with van der Waals surface area (Å²) in [5, 5.41) is 11.7. The van der Waals surface area contributed by atoms with E-state index in [1.54, 1.807) is 6.20 Å². The summed E-state index contributed by atoms with van der Waals surface area (Å²) in [6.07, 6.45) is 2.18. The van der Waals surface area contributed by atoms with Crippen LogP contribution in [0.15, 0.2) is 36.5 Å². The topological polar surface area (TPSA) is 56.7 Å². The molecule has 0 radical (unpaired) electrons. The molecule has 5 heteroatoms. The highest BCUT2D eigenvalue weighted by molar-refractivity contribution is 6.05. The van der Waals surface area contributed by atoms with Gasteiger partial charge >= 0.3 is 0 Å². The SMILES string of the molecule is CCC(O)CN1CCN(C(=O)c2nccc3ccccc23)CC1. The molecule has 2 aromatic rings. The lowest BCUT2D eigenvalue weighted by Gasteiger charge is -2.35. The standard InChI is InChI=1S/C18H23N3O2/c1-2-15(22)13-20-9-11-21(12-10-20)18(23)17-16-6-4-3-5-14(16)7-8-19-17/h3-8,15,22H,2,9-13H2,1H3. The van der Waals surface area contributed by atoms with E-state index in [0.717, 1.165) is 30.3 Å². The Bertz CT molecular complexity index is 676. The van der Waals surface area contributed by atoms with E-state index in [2.05, 4.69) is 9.88 Å². The van der Waals surface area contributed by atoms with E-state index in [1.807, 2.05) is 42.2 Å². The van der Waals surface area contributed by atoms with E-state index in [-0.39, 0.29) is 12.0 Å². The zero-order valence-corrected chi connectivity index (χ0v) is 13.5. The molecule has 1 fully saturated rings. The van der Waals surface area contributed by atoms with Crippen molar-refractivity contribution in [3.63, 3.8) is 0 Å². The van der Waals surface area contributed by atoms with Crippen LogP contribution in [-0.2, 0) is 0 Å². The second-order valence-electron chi connectivity index (χ2n) is 6.04. The van der Waals surface area contributed by atoms with Crippen LogP contribution in [0.3, 0.4) is 0 Å². The largest absolute Gasteiger partial charge is 0.392 e. The fourth-order valence-electron chi connectivity index (χ4n) is 3.00. The first kappa shape index (κ1) is 15.9. The zero-order chi connectivity index (χ0) is 16.2. The summed E-state index contributed by atoms with van der Waals surface area (Å²) < 4.78 is 0. The molecule has 0 spiro atoms. The van der Waals surface area contributed by atoms with E-state index in [9.17, 15) is 9.90 Å². The molecule has 1 aromatic heterocycles. The number of β-amino-alcohol motifs (C(OH)–C–C–N with tert-alkyl or cyclic N) is 1. The van der Waals surface area contributed by atoms with Gasteiger partial charge in [-0.05, 0) is 17.9 Å². The fraction of sp³-hybridized carbons (Fsp3) is 0.444. The van der Waals surface area contributed by atoms with Gasteiger partial charge in [0, 0.05) is 44.3 Å². The van der Waals surface area contributed by atoms with Crippen LogP contribution in [0.2, 0.25) is 0 Å². The van der Waals surface area contributed by atoms with Gasteiger partial charge in [0.1, 0.15) is 5.69 Å². The lowest BCUT2D eigenvalue weighted by atomic mass is 10.1. The maximum Gasteiger partial charge on any atom is 0.273 e. The van der Waals surface area contributed by atoms with Gasteiger partial charge in [0.15, 0.2) is 0 Å². The van der Waals surface area contributed by atoms with E-state index in [0.29, 0.717) is 25.3 Å². The average molecular weight is 313 g/mol. The molecular weight excluding hydrogens is 290 g/mol. The summed E-state index contributed by atoms with van der Waals surface area (Å²) in [6.45, 7) is 5.63.